The average molecular weight is 217 g/mol. The molecule has 1 aromatic heterocycles. The standard InChI is InChI=1S/C7H9ClN4O2/c1-14-7-10-5(8)9-6(11-7)12-2-4(13)3-12/h4,13H,2-3H2,1H3. The normalized spacial score (nSPS) is 16.6. The summed E-state index contributed by atoms with van der Waals surface area (Å²) >= 11 is 5.66. The minimum atomic E-state index is -0.309. The Hall–Kier alpha value is -1.14. The molecule has 0 unspecified atom stereocenters. The van der Waals surface area contributed by atoms with E-state index in [1.54, 1.807) is 4.90 Å². The number of nitrogens with zero attached hydrogens (tertiary/aromatic N) is 4. The van der Waals surface area contributed by atoms with Gasteiger partial charge in [0.15, 0.2) is 0 Å². The fourth-order valence-corrected chi connectivity index (χ4v) is 1.32. The number of hydrogen-bond acceptors (Lipinski definition) is 6. The van der Waals surface area contributed by atoms with E-state index in [0.29, 0.717) is 19.0 Å². The molecule has 1 saturated heterocycles. The third kappa shape index (κ3) is 1.71. The number of aliphatic hydroxyl groups is 1. The van der Waals surface area contributed by atoms with Crippen LogP contribution in [0.4, 0.5) is 5.95 Å². The Balaban J connectivity index is 2.21. The van der Waals surface area contributed by atoms with Crippen LogP contribution in [0.5, 0.6) is 6.01 Å². The molecular weight excluding hydrogens is 208 g/mol. The van der Waals surface area contributed by atoms with E-state index in [2.05, 4.69) is 15.0 Å². The summed E-state index contributed by atoms with van der Waals surface area (Å²) in [5.74, 6) is 0.437. The van der Waals surface area contributed by atoms with Crippen molar-refractivity contribution in [3.05, 3.63) is 5.28 Å². The predicted molar refractivity (Wildman–Crippen MR) is 49.6 cm³/mol. The van der Waals surface area contributed by atoms with Crippen molar-refractivity contribution in [2.45, 2.75) is 6.10 Å². The van der Waals surface area contributed by atoms with E-state index < -0.39 is 0 Å². The van der Waals surface area contributed by atoms with Crippen molar-refractivity contribution < 1.29 is 9.84 Å². The molecule has 1 aromatic rings. The van der Waals surface area contributed by atoms with E-state index in [-0.39, 0.29) is 17.4 Å². The molecule has 1 fully saturated rings. The van der Waals surface area contributed by atoms with Crippen LogP contribution in [0.3, 0.4) is 0 Å². The van der Waals surface area contributed by atoms with Crippen molar-refractivity contribution in [3.8, 4) is 6.01 Å². The van der Waals surface area contributed by atoms with Gasteiger partial charge in [-0.3, -0.25) is 0 Å². The van der Waals surface area contributed by atoms with Crippen molar-refractivity contribution in [2.75, 3.05) is 25.1 Å². The molecule has 14 heavy (non-hydrogen) atoms. The SMILES string of the molecule is COc1nc(Cl)nc(N2CC(O)C2)n1. The van der Waals surface area contributed by atoms with Crippen molar-refractivity contribution >= 4 is 17.5 Å². The van der Waals surface area contributed by atoms with Crippen LogP contribution >= 0.6 is 11.6 Å². The summed E-state index contributed by atoms with van der Waals surface area (Å²) in [6.07, 6.45) is -0.309. The first-order valence-corrected chi connectivity index (χ1v) is 4.45. The van der Waals surface area contributed by atoms with Gasteiger partial charge in [0.1, 0.15) is 0 Å². The molecule has 2 heterocycles. The average Bonchev–Trinajstić information content (AvgIpc) is 2.12. The van der Waals surface area contributed by atoms with Gasteiger partial charge in [0, 0.05) is 13.1 Å². The van der Waals surface area contributed by atoms with Gasteiger partial charge < -0.3 is 14.7 Å². The van der Waals surface area contributed by atoms with Crippen LogP contribution < -0.4 is 9.64 Å². The summed E-state index contributed by atoms with van der Waals surface area (Å²) in [6.45, 7) is 1.03. The highest BCUT2D eigenvalue weighted by Crippen LogP contribution is 2.19. The van der Waals surface area contributed by atoms with Gasteiger partial charge in [-0.25, -0.2) is 0 Å². The summed E-state index contributed by atoms with van der Waals surface area (Å²) in [5.41, 5.74) is 0. The Morgan fingerprint density at radius 2 is 2.14 bits per heavy atom. The second-order valence-electron chi connectivity index (χ2n) is 2.95. The number of halogens is 1. The molecule has 1 aliphatic heterocycles. The molecule has 2 rings (SSSR count). The molecule has 0 amide bonds. The van der Waals surface area contributed by atoms with Crippen molar-refractivity contribution in [1.82, 2.24) is 15.0 Å². The Morgan fingerprint density at radius 1 is 1.43 bits per heavy atom. The fraction of sp³-hybridized carbons (Fsp3) is 0.571. The third-order valence-electron chi connectivity index (χ3n) is 1.90. The summed E-state index contributed by atoms with van der Waals surface area (Å²) in [4.78, 5) is 13.4. The van der Waals surface area contributed by atoms with Gasteiger partial charge in [-0.2, -0.15) is 15.0 Å². The Kier molecular flexibility index (Phi) is 2.39. The maximum Gasteiger partial charge on any atom is 0.322 e. The number of rotatable bonds is 2. The first-order chi connectivity index (χ1) is 6.69. The van der Waals surface area contributed by atoms with Crippen molar-refractivity contribution in [1.29, 1.82) is 0 Å². The smallest absolute Gasteiger partial charge is 0.322 e. The molecule has 6 nitrogen and oxygen atoms in total. The minimum absolute atomic E-state index is 0.0910. The highest BCUT2D eigenvalue weighted by molar-refractivity contribution is 6.28. The van der Waals surface area contributed by atoms with E-state index in [1.165, 1.54) is 7.11 Å². The first-order valence-electron chi connectivity index (χ1n) is 4.07. The molecule has 7 heteroatoms. The zero-order valence-electron chi connectivity index (χ0n) is 7.51. The lowest BCUT2D eigenvalue weighted by atomic mass is 10.2. The maximum absolute atomic E-state index is 9.10. The number of aliphatic hydroxyl groups excluding tert-OH is 1. The third-order valence-corrected chi connectivity index (χ3v) is 2.07. The quantitative estimate of drug-likeness (QED) is 0.733. The van der Waals surface area contributed by atoms with Crippen molar-refractivity contribution in [2.24, 2.45) is 0 Å². The van der Waals surface area contributed by atoms with E-state index in [0.717, 1.165) is 0 Å². The van der Waals surface area contributed by atoms with Crippen LogP contribution in [0.15, 0.2) is 0 Å². The summed E-state index contributed by atoms with van der Waals surface area (Å²) in [7, 11) is 1.46. The van der Waals surface area contributed by atoms with E-state index in [1.807, 2.05) is 0 Å². The monoisotopic (exact) mass is 216 g/mol. The lowest BCUT2D eigenvalue weighted by molar-refractivity contribution is 0.140. The Bertz CT molecular complexity index is 342. The summed E-state index contributed by atoms with van der Waals surface area (Å²) < 4.78 is 4.85. The number of methoxy groups -OCH3 is 1. The molecule has 1 N–H and O–H groups in total. The highest BCUT2D eigenvalue weighted by atomic mass is 35.5. The van der Waals surface area contributed by atoms with Gasteiger partial charge in [-0.1, -0.05) is 0 Å². The van der Waals surface area contributed by atoms with Crippen LogP contribution in [-0.2, 0) is 0 Å². The molecule has 0 atom stereocenters. The lowest BCUT2D eigenvalue weighted by Gasteiger charge is -2.35. The second-order valence-corrected chi connectivity index (χ2v) is 3.29. The molecule has 0 radical (unpaired) electrons. The van der Waals surface area contributed by atoms with Gasteiger partial charge in [-0.05, 0) is 11.6 Å². The van der Waals surface area contributed by atoms with Crippen LogP contribution in [0.1, 0.15) is 0 Å². The Labute approximate surface area is 85.5 Å². The van der Waals surface area contributed by atoms with E-state index in [4.69, 9.17) is 21.4 Å². The topological polar surface area (TPSA) is 71.4 Å². The minimum Gasteiger partial charge on any atom is -0.467 e. The molecule has 0 bridgehead atoms. The van der Waals surface area contributed by atoms with Crippen LogP contribution in [0.25, 0.3) is 0 Å². The lowest BCUT2D eigenvalue weighted by Crippen LogP contribution is -2.51. The molecule has 0 saturated carbocycles. The fourth-order valence-electron chi connectivity index (χ4n) is 1.17. The van der Waals surface area contributed by atoms with Crippen LogP contribution in [0, 0.1) is 0 Å². The van der Waals surface area contributed by atoms with Gasteiger partial charge in [0.2, 0.25) is 11.2 Å². The largest absolute Gasteiger partial charge is 0.467 e. The first kappa shape index (κ1) is 9.42. The number of ether oxygens (including phenoxy) is 1. The summed E-state index contributed by atoms with van der Waals surface area (Å²) in [5, 5.41) is 9.19. The molecule has 76 valence electrons. The van der Waals surface area contributed by atoms with Gasteiger partial charge in [0.25, 0.3) is 0 Å². The van der Waals surface area contributed by atoms with Crippen molar-refractivity contribution in [3.63, 3.8) is 0 Å². The highest BCUT2D eigenvalue weighted by Gasteiger charge is 2.27. The van der Waals surface area contributed by atoms with Crippen LogP contribution in [-0.4, -0.2) is 46.4 Å². The van der Waals surface area contributed by atoms with E-state index >= 15 is 0 Å². The number of hydrogen-bond donors (Lipinski definition) is 1. The number of aromatic nitrogens is 3. The Morgan fingerprint density at radius 3 is 2.71 bits per heavy atom. The summed E-state index contributed by atoms with van der Waals surface area (Å²) in [6, 6.07) is 0.182. The van der Waals surface area contributed by atoms with Gasteiger partial charge >= 0.3 is 6.01 Å². The molecular formula is C7H9ClN4O2. The van der Waals surface area contributed by atoms with Gasteiger partial charge in [-0.15, -0.1) is 0 Å². The second kappa shape index (κ2) is 3.55. The zero-order chi connectivity index (χ0) is 10.1. The molecule has 1 aliphatic rings. The predicted octanol–water partition coefficient (Wildman–Crippen LogP) is -0.286. The maximum atomic E-state index is 9.10. The van der Waals surface area contributed by atoms with Crippen LogP contribution in [0.2, 0.25) is 5.28 Å². The number of anilines is 1. The zero-order valence-corrected chi connectivity index (χ0v) is 8.27. The van der Waals surface area contributed by atoms with Gasteiger partial charge in [0.05, 0.1) is 13.2 Å². The number of β-amino-alcohol motifs (C(OH)–C–C–N with tert-alkyl or cyclic N) is 1. The molecule has 0 aromatic carbocycles. The van der Waals surface area contributed by atoms with E-state index in [9.17, 15) is 0 Å². The molecule has 0 aliphatic carbocycles. The molecule has 0 spiro atoms.